The molecule has 5 aliphatic carbocycles. The van der Waals surface area contributed by atoms with Crippen LogP contribution in [0.3, 0.4) is 0 Å². The van der Waals surface area contributed by atoms with Crippen molar-refractivity contribution in [3.8, 4) is 0 Å². The van der Waals surface area contributed by atoms with Gasteiger partial charge < -0.3 is 5.11 Å². The summed E-state index contributed by atoms with van der Waals surface area (Å²) in [5.41, 5.74) is 5.00. The summed E-state index contributed by atoms with van der Waals surface area (Å²) in [6.45, 7) is 3.99. The zero-order valence-corrected chi connectivity index (χ0v) is 18.1. The first-order valence-electron chi connectivity index (χ1n) is 11.9. The Balaban J connectivity index is 1.56. The molecule has 1 N–H and O–H groups in total. The third-order valence-corrected chi connectivity index (χ3v) is 10.1. The fourth-order valence-corrected chi connectivity index (χ4v) is 8.80. The number of Topliss-reactive ketones (excluding diaryl/α,β-unsaturated/α-hetero) is 1. The summed E-state index contributed by atoms with van der Waals surface area (Å²) in [5, 5.41) is 11.0. The van der Waals surface area contributed by atoms with E-state index in [0.717, 1.165) is 50.5 Å². The first-order chi connectivity index (χ1) is 14.3. The Hall–Kier alpha value is -1.74. The third-order valence-electron chi connectivity index (χ3n) is 10.1. The summed E-state index contributed by atoms with van der Waals surface area (Å²) in [4.78, 5) is 24.5. The fourth-order valence-electron chi connectivity index (χ4n) is 8.80. The molecule has 0 heterocycles. The molecule has 7 atom stereocenters. The Morgan fingerprint density at radius 2 is 2.00 bits per heavy atom. The number of allylic oxidation sites excluding steroid dienone is 1. The van der Waals surface area contributed by atoms with Crippen molar-refractivity contribution >= 4 is 11.6 Å². The van der Waals surface area contributed by atoms with E-state index < -0.39 is 0 Å². The molecule has 3 nitrogen and oxygen atoms in total. The SMILES string of the molecule is CC(=O)c1ccc2c(c1)C[C@]13CCC(=O)C=C1CC[C@@H]1[C@@H]3[C@@H]2C[C@]2(C)[C@@H](O)CC[C@@H]12. The van der Waals surface area contributed by atoms with Crippen LogP contribution in [0, 0.1) is 28.6 Å². The zero-order valence-electron chi connectivity index (χ0n) is 18.1. The van der Waals surface area contributed by atoms with Crippen molar-refractivity contribution in [2.24, 2.45) is 28.6 Å². The van der Waals surface area contributed by atoms with Crippen molar-refractivity contribution in [3.05, 3.63) is 46.5 Å². The predicted molar refractivity (Wildman–Crippen MR) is 115 cm³/mol. The maximum Gasteiger partial charge on any atom is 0.159 e. The highest BCUT2D eigenvalue weighted by Gasteiger charge is 2.64. The first kappa shape index (κ1) is 19.0. The number of aliphatic hydroxyl groups excluding tert-OH is 1. The van der Waals surface area contributed by atoms with Crippen LogP contribution < -0.4 is 0 Å². The van der Waals surface area contributed by atoms with Crippen molar-refractivity contribution in [2.45, 2.75) is 77.2 Å². The standard InChI is InChI=1S/C27H32O3/c1-15(28)16-3-5-20-17(11-16)13-27-10-9-19(29)12-18(27)4-6-21-23-7-8-24(30)26(23,2)14-22(20)25(21)27/h3,5,11-12,21-25,30H,4,6-10,13-14H2,1-2H3/t21-,22+,23-,24-,25+,26-,27+/m0/s1. The number of carbonyl (C=O) groups is 2. The Labute approximate surface area is 178 Å². The van der Waals surface area contributed by atoms with E-state index >= 15 is 0 Å². The second-order valence-electron chi connectivity index (χ2n) is 11.2. The normalized spacial score (nSPS) is 43.8. The summed E-state index contributed by atoms with van der Waals surface area (Å²) >= 11 is 0. The van der Waals surface area contributed by atoms with Crippen molar-refractivity contribution in [1.82, 2.24) is 0 Å². The zero-order chi connectivity index (χ0) is 20.8. The second kappa shape index (κ2) is 6.16. The molecular formula is C27H32O3. The van der Waals surface area contributed by atoms with Gasteiger partial charge in [0.15, 0.2) is 11.6 Å². The minimum Gasteiger partial charge on any atom is -0.393 e. The van der Waals surface area contributed by atoms with Gasteiger partial charge in [-0.1, -0.05) is 24.6 Å². The Kier molecular flexibility index (Phi) is 3.90. The van der Waals surface area contributed by atoms with Crippen LogP contribution in [0.4, 0.5) is 0 Å². The van der Waals surface area contributed by atoms with Crippen LogP contribution in [0.1, 0.15) is 86.2 Å². The van der Waals surface area contributed by atoms with Gasteiger partial charge in [0, 0.05) is 12.0 Å². The predicted octanol–water partition coefficient (Wildman–Crippen LogP) is 5.01. The van der Waals surface area contributed by atoms with Gasteiger partial charge in [-0.15, -0.1) is 0 Å². The molecule has 1 aromatic carbocycles. The molecule has 1 aromatic rings. The van der Waals surface area contributed by atoms with E-state index in [9.17, 15) is 14.7 Å². The average Bonchev–Trinajstić information content (AvgIpc) is 3.02. The number of carbonyl (C=O) groups excluding carboxylic acids is 2. The number of ketones is 2. The molecule has 3 fully saturated rings. The fraction of sp³-hybridized carbons (Fsp3) is 0.630. The summed E-state index contributed by atoms with van der Waals surface area (Å²) < 4.78 is 0. The number of hydrogen-bond acceptors (Lipinski definition) is 3. The number of rotatable bonds is 1. The molecule has 6 rings (SSSR count). The highest BCUT2D eigenvalue weighted by atomic mass is 16.3. The number of fused-ring (bicyclic) bond motifs is 4. The molecule has 30 heavy (non-hydrogen) atoms. The summed E-state index contributed by atoms with van der Waals surface area (Å²) in [7, 11) is 0. The van der Waals surface area contributed by atoms with E-state index in [1.807, 2.05) is 12.1 Å². The molecule has 3 saturated carbocycles. The lowest BCUT2D eigenvalue weighted by Crippen LogP contribution is -2.57. The highest BCUT2D eigenvalue weighted by molar-refractivity contribution is 5.94. The summed E-state index contributed by atoms with van der Waals surface area (Å²) in [5.74, 6) is 2.65. The Bertz CT molecular complexity index is 990. The molecule has 1 spiro atoms. The van der Waals surface area contributed by atoms with E-state index in [4.69, 9.17) is 0 Å². The smallest absolute Gasteiger partial charge is 0.159 e. The average molecular weight is 405 g/mol. The monoisotopic (exact) mass is 404 g/mol. The van der Waals surface area contributed by atoms with Crippen molar-refractivity contribution in [3.63, 3.8) is 0 Å². The molecule has 0 aromatic heterocycles. The van der Waals surface area contributed by atoms with Crippen LogP contribution in [0.2, 0.25) is 0 Å². The lowest BCUT2D eigenvalue weighted by molar-refractivity contribution is -0.120. The van der Waals surface area contributed by atoms with Crippen LogP contribution in [0.25, 0.3) is 0 Å². The molecule has 0 radical (unpaired) electrons. The van der Waals surface area contributed by atoms with Gasteiger partial charge in [-0.05, 0) is 110 Å². The summed E-state index contributed by atoms with van der Waals surface area (Å²) in [6.07, 6.45) is 9.70. The first-order valence-corrected chi connectivity index (χ1v) is 11.9. The van der Waals surface area contributed by atoms with Crippen molar-refractivity contribution in [1.29, 1.82) is 0 Å². The lowest BCUT2D eigenvalue weighted by atomic mass is 9.40. The van der Waals surface area contributed by atoms with E-state index in [1.165, 1.54) is 16.7 Å². The Morgan fingerprint density at radius 3 is 2.80 bits per heavy atom. The van der Waals surface area contributed by atoms with E-state index in [1.54, 1.807) is 6.92 Å². The number of aliphatic hydroxyl groups is 1. The van der Waals surface area contributed by atoms with Gasteiger partial charge in [0.25, 0.3) is 0 Å². The minimum absolute atomic E-state index is 0.00736. The highest BCUT2D eigenvalue weighted by Crippen LogP contribution is 2.71. The van der Waals surface area contributed by atoms with Crippen molar-refractivity contribution < 1.29 is 14.7 Å². The minimum atomic E-state index is -0.203. The third kappa shape index (κ3) is 2.30. The Morgan fingerprint density at radius 1 is 1.17 bits per heavy atom. The van der Waals surface area contributed by atoms with Gasteiger partial charge in [-0.25, -0.2) is 0 Å². The topological polar surface area (TPSA) is 54.4 Å². The van der Waals surface area contributed by atoms with Crippen molar-refractivity contribution in [2.75, 3.05) is 0 Å². The molecule has 0 saturated heterocycles. The van der Waals surface area contributed by atoms with Crippen LogP contribution in [0.5, 0.6) is 0 Å². The molecular weight excluding hydrogens is 372 g/mol. The molecule has 0 unspecified atom stereocenters. The molecule has 5 aliphatic rings. The lowest BCUT2D eigenvalue weighted by Gasteiger charge is -2.64. The largest absolute Gasteiger partial charge is 0.393 e. The van der Waals surface area contributed by atoms with Gasteiger partial charge in [0.1, 0.15) is 0 Å². The molecule has 0 bridgehead atoms. The molecule has 0 aliphatic heterocycles. The quantitative estimate of drug-likeness (QED) is 0.669. The van der Waals surface area contributed by atoms with Crippen LogP contribution >= 0.6 is 0 Å². The van der Waals surface area contributed by atoms with Gasteiger partial charge >= 0.3 is 0 Å². The molecule has 3 heteroatoms. The molecule has 0 amide bonds. The van der Waals surface area contributed by atoms with Gasteiger partial charge in [0.05, 0.1) is 6.10 Å². The number of benzene rings is 1. The van der Waals surface area contributed by atoms with Gasteiger partial charge in [-0.2, -0.15) is 0 Å². The van der Waals surface area contributed by atoms with E-state index in [0.29, 0.717) is 35.9 Å². The van der Waals surface area contributed by atoms with Gasteiger partial charge in [-0.3, -0.25) is 9.59 Å². The summed E-state index contributed by atoms with van der Waals surface area (Å²) in [6, 6.07) is 6.37. The van der Waals surface area contributed by atoms with Crippen LogP contribution in [0.15, 0.2) is 29.8 Å². The van der Waals surface area contributed by atoms with Gasteiger partial charge in [0.2, 0.25) is 0 Å². The van der Waals surface area contributed by atoms with E-state index in [-0.39, 0.29) is 22.7 Å². The maximum atomic E-state index is 12.3. The molecule has 158 valence electrons. The van der Waals surface area contributed by atoms with Crippen LogP contribution in [-0.2, 0) is 11.2 Å². The maximum absolute atomic E-state index is 12.3. The second-order valence-corrected chi connectivity index (χ2v) is 11.2. The number of hydrogen-bond donors (Lipinski definition) is 1. The van der Waals surface area contributed by atoms with Crippen LogP contribution in [-0.4, -0.2) is 22.8 Å². The van der Waals surface area contributed by atoms with E-state index in [2.05, 4.69) is 19.1 Å².